The van der Waals surface area contributed by atoms with E-state index in [0.717, 1.165) is 0 Å². The maximum Gasteiger partial charge on any atom is 0.313 e. The number of aliphatic hydroxyl groups is 1. The van der Waals surface area contributed by atoms with Crippen molar-refractivity contribution in [3.63, 3.8) is 0 Å². The molecule has 0 saturated carbocycles. The number of hydrogen-bond donors (Lipinski definition) is 1. The van der Waals surface area contributed by atoms with Gasteiger partial charge in [0.2, 0.25) is 0 Å². The van der Waals surface area contributed by atoms with Crippen molar-refractivity contribution in [2.24, 2.45) is 0 Å². The molecule has 1 N–H and O–H groups in total. The monoisotopic (exact) mass is 213 g/mol. The van der Waals surface area contributed by atoms with Crippen LogP contribution in [0.25, 0.3) is 0 Å². The first-order valence-electron chi connectivity index (χ1n) is 4.72. The third-order valence-corrected chi connectivity index (χ3v) is 1.50. The fourth-order valence-electron chi connectivity index (χ4n) is 0.978. The van der Waals surface area contributed by atoms with E-state index in [9.17, 15) is 9.59 Å². The summed E-state index contributed by atoms with van der Waals surface area (Å²) in [7, 11) is 0. The molecule has 0 aromatic heterocycles. The number of nitrogens with zero attached hydrogens (tertiary/aromatic N) is 1. The van der Waals surface area contributed by atoms with E-state index >= 15 is 0 Å². The van der Waals surface area contributed by atoms with Crippen LogP contribution in [-0.4, -0.2) is 29.1 Å². The second-order valence-corrected chi connectivity index (χ2v) is 3.47. The molecule has 0 saturated heterocycles. The lowest BCUT2D eigenvalue weighted by atomic mass is 10.1. The van der Waals surface area contributed by atoms with Crippen molar-refractivity contribution < 1.29 is 19.4 Å². The van der Waals surface area contributed by atoms with Crippen LogP contribution in [0.2, 0.25) is 0 Å². The van der Waals surface area contributed by atoms with Gasteiger partial charge in [-0.05, 0) is 13.8 Å². The molecule has 0 fully saturated rings. The lowest BCUT2D eigenvalue weighted by Crippen LogP contribution is -2.19. The van der Waals surface area contributed by atoms with Gasteiger partial charge in [-0.25, -0.2) is 0 Å². The lowest BCUT2D eigenvalue weighted by molar-refractivity contribution is -0.149. The minimum absolute atomic E-state index is 0.106. The molecular formula is C10H15NO4. The van der Waals surface area contributed by atoms with Crippen molar-refractivity contribution in [2.75, 3.05) is 0 Å². The van der Waals surface area contributed by atoms with Gasteiger partial charge in [0.25, 0.3) is 0 Å². The molecule has 15 heavy (non-hydrogen) atoms. The highest BCUT2D eigenvalue weighted by molar-refractivity contribution is 5.95. The van der Waals surface area contributed by atoms with E-state index in [2.05, 4.69) is 0 Å². The van der Waals surface area contributed by atoms with E-state index < -0.39 is 17.9 Å². The molecule has 0 amide bonds. The SMILES string of the molecule is CC(C)OC(=O)CC(=O)CC(O)CC#N. The highest BCUT2D eigenvalue weighted by Crippen LogP contribution is 2.02. The number of rotatable bonds is 6. The predicted octanol–water partition coefficient (Wildman–Crippen LogP) is 0.562. The molecule has 1 unspecified atom stereocenters. The minimum atomic E-state index is -0.991. The predicted molar refractivity (Wildman–Crippen MR) is 51.7 cm³/mol. The van der Waals surface area contributed by atoms with Crippen molar-refractivity contribution in [3.8, 4) is 6.07 Å². The zero-order chi connectivity index (χ0) is 11.8. The van der Waals surface area contributed by atoms with E-state index in [1.54, 1.807) is 19.9 Å². The molecule has 0 aliphatic carbocycles. The number of ketones is 1. The summed E-state index contributed by atoms with van der Waals surface area (Å²) in [5, 5.41) is 17.4. The summed E-state index contributed by atoms with van der Waals surface area (Å²) in [4.78, 5) is 22.2. The average Bonchev–Trinajstić information content (AvgIpc) is 2.00. The third-order valence-electron chi connectivity index (χ3n) is 1.50. The van der Waals surface area contributed by atoms with Crippen LogP contribution in [0.1, 0.15) is 33.1 Å². The summed E-state index contributed by atoms with van der Waals surface area (Å²) in [6.45, 7) is 3.37. The molecule has 0 rings (SSSR count). The van der Waals surface area contributed by atoms with Crippen molar-refractivity contribution >= 4 is 11.8 Å². The van der Waals surface area contributed by atoms with Gasteiger partial charge >= 0.3 is 5.97 Å². The molecule has 1 atom stereocenters. The Morgan fingerprint density at radius 2 is 2.07 bits per heavy atom. The lowest BCUT2D eigenvalue weighted by Gasteiger charge is -2.08. The molecule has 0 aromatic rings. The zero-order valence-corrected chi connectivity index (χ0v) is 8.90. The van der Waals surface area contributed by atoms with E-state index in [1.807, 2.05) is 0 Å². The van der Waals surface area contributed by atoms with Crippen molar-refractivity contribution in [3.05, 3.63) is 0 Å². The Morgan fingerprint density at radius 3 is 2.53 bits per heavy atom. The Morgan fingerprint density at radius 1 is 1.47 bits per heavy atom. The second kappa shape index (κ2) is 6.96. The Bertz CT molecular complexity index is 267. The number of hydrogen-bond acceptors (Lipinski definition) is 5. The fourth-order valence-corrected chi connectivity index (χ4v) is 0.978. The summed E-state index contributed by atoms with van der Waals surface area (Å²) >= 11 is 0. The fraction of sp³-hybridized carbons (Fsp3) is 0.700. The van der Waals surface area contributed by atoms with Gasteiger partial charge in [-0.2, -0.15) is 5.26 Å². The maximum absolute atomic E-state index is 11.1. The molecule has 0 bridgehead atoms. The number of carbonyl (C=O) groups excluding carboxylic acids is 2. The molecule has 5 heteroatoms. The Kier molecular flexibility index (Phi) is 6.30. The molecule has 5 nitrogen and oxygen atoms in total. The van der Waals surface area contributed by atoms with Crippen molar-refractivity contribution in [1.29, 1.82) is 5.26 Å². The van der Waals surface area contributed by atoms with E-state index in [1.165, 1.54) is 0 Å². The van der Waals surface area contributed by atoms with Crippen LogP contribution < -0.4 is 0 Å². The first kappa shape index (κ1) is 13.6. The Labute approximate surface area is 88.6 Å². The number of Topliss-reactive ketones (excluding diaryl/α,β-unsaturated/α-hetero) is 1. The van der Waals surface area contributed by atoms with Crippen molar-refractivity contribution in [1.82, 2.24) is 0 Å². The summed E-state index contributed by atoms with van der Waals surface area (Å²) in [5.74, 6) is -1.01. The summed E-state index contributed by atoms with van der Waals surface area (Å²) in [6.07, 6.45) is -1.88. The molecule has 0 radical (unpaired) electrons. The van der Waals surface area contributed by atoms with Crippen LogP contribution in [0.4, 0.5) is 0 Å². The van der Waals surface area contributed by atoms with Gasteiger partial charge in [0, 0.05) is 6.42 Å². The normalized spacial score (nSPS) is 11.9. The Balaban J connectivity index is 3.84. The molecular weight excluding hydrogens is 198 g/mol. The molecule has 0 aliphatic rings. The van der Waals surface area contributed by atoms with Crippen LogP contribution in [0.3, 0.4) is 0 Å². The highest BCUT2D eigenvalue weighted by Gasteiger charge is 2.15. The van der Waals surface area contributed by atoms with Gasteiger partial charge < -0.3 is 9.84 Å². The van der Waals surface area contributed by atoms with Gasteiger partial charge in [0.05, 0.1) is 24.7 Å². The van der Waals surface area contributed by atoms with Gasteiger partial charge in [0.15, 0.2) is 0 Å². The molecule has 84 valence electrons. The molecule has 0 aliphatic heterocycles. The van der Waals surface area contributed by atoms with Gasteiger partial charge in [-0.15, -0.1) is 0 Å². The van der Waals surface area contributed by atoms with Gasteiger partial charge in [-0.3, -0.25) is 9.59 Å². The molecule has 0 aromatic carbocycles. The summed E-state index contributed by atoms with van der Waals surface area (Å²) < 4.78 is 4.76. The van der Waals surface area contributed by atoms with Crippen LogP contribution in [0, 0.1) is 11.3 Å². The average molecular weight is 213 g/mol. The third kappa shape index (κ3) is 7.65. The van der Waals surface area contributed by atoms with Crippen LogP contribution >= 0.6 is 0 Å². The minimum Gasteiger partial charge on any atom is -0.463 e. The number of esters is 1. The smallest absolute Gasteiger partial charge is 0.313 e. The number of carbonyl (C=O) groups is 2. The highest BCUT2D eigenvalue weighted by atomic mass is 16.5. The standard InChI is InChI=1S/C10H15NO4/c1-7(2)15-10(14)6-9(13)5-8(12)3-4-11/h7-8,12H,3,5-6H2,1-2H3. The Hall–Kier alpha value is -1.41. The van der Waals surface area contributed by atoms with E-state index in [4.69, 9.17) is 15.1 Å². The zero-order valence-electron chi connectivity index (χ0n) is 8.90. The summed E-state index contributed by atoms with van der Waals surface area (Å²) in [6, 6.07) is 1.74. The molecule has 0 spiro atoms. The van der Waals surface area contributed by atoms with Crippen LogP contribution in [0.15, 0.2) is 0 Å². The van der Waals surface area contributed by atoms with Crippen LogP contribution in [0.5, 0.6) is 0 Å². The van der Waals surface area contributed by atoms with E-state index in [0.29, 0.717) is 0 Å². The largest absolute Gasteiger partial charge is 0.463 e. The maximum atomic E-state index is 11.1. The number of aliphatic hydroxyl groups excluding tert-OH is 1. The first-order valence-corrected chi connectivity index (χ1v) is 4.72. The quantitative estimate of drug-likeness (QED) is 0.514. The molecule has 0 heterocycles. The number of nitriles is 1. The van der Waals surface area contributed by atoms with Crippen LogP contribution in [-0.2, 0) is 14.3 Å². The second-order valence-electron chi connectivity index (χ2n) is 3.47. The van der Waals surface area contributed by atoms with Gasteiger partial charge in [-0.1, -0.05) is 0 Å². The summed E-state index contributed by atoms with van der Waals surface area (Å²) in [5.41, 5.74) is 0. The van der Waals surface area contributed by atoms with Gasteiger partial charge in [0.1, 0.15) is 12.2 Å². The first-order chi connectivity index (χ1) is 6.95. The van der Waals surface area contributed by atoms with E-state index in [-0.39, 0.29) is 25.4 Å². The number of ether oxygens (including phenoxy) is 1. The van der Waals surface area contributed by atoms with Crippen molar-refractivity contribution in [2.45, 2.75) is 45.3 Å². The topological polar surface area (TPSA) is 87.4 Å².